The molecule has 0 spiro atoms. The number of hydrogen-bond acceptors (Lipinski definition) is 4. The highest BCUT2D eigenvalue weighted by molar-refractivity contribution is 5.85. The normalized spacial score (nSPS) is 9.70. The predicted octanol–water partition coefficient (Wildman–Crippen LogP) is 3.08. The summed E-state index contributed by atoms with van der Waals surface area (Å²) < 4.78 is 1.75. The quantitative estimate of drug-likeness (QED) is 0.742. The van der Waals surface area contributed by atoms with Crippen LogP contribution < -0.4 is 0 Å². The summed E-state index contributed by atoms with van der Waals surface area (Å²) in [5.74, 6) is 0. The number of benzene rings is 2. The second kappa shape index (κ2) is 7.22. The first-order valence-electron chi connectivity index (χ1n) is 6.66. The molecular formula is C17H12ClN5. The minimum absolute atomic E-state index is 0. The third kappa shape index (κ3) is 3.37. The van der Waals surface area contributed by atoms with Crippen LogP contribution in [0.25, 0.3) is 0 Å². The van der Waals surface area contributed by atoms with Crippen molar-refractivity contribution in [1.82, 2.24) is 14.8 Å². The van der Waals surface area contributed by atoms with E-state index in [2.05, 4.69) is 22.2 Å². The molecular weight excluding hydrogens is 310 g/mol. The van der Waals surface area contributed by atoms with E-state index in [0.29, 0.717) is 11.1 Å². The summed E-state index contributed by atoms with van der Waals surface area (Å²) in [6.07, 6.45) is 3.14. The third-order valence-electron chi connectivity index (χ3n) is 3.41. The Balaban J connectivity index is 0.00000192. The fraction of sp³-hybridized carbons (Fsp3) is 0.0588. The Morgan fingerprint density at radius 3 is 1.65 bits per heavy atom. The largest absolute Gasteiger partial charge is 0.241 e. The molecule has 23 heavy (non-hydrogen) atoms. The lowest BCUT2D eigenvalue weighted by Gasteiger charge is -2.18. The Bertz CT molecular complexity index is 782. The number of nitrogens with zero attached hydrogens (tertiary/aromatic N) is 5. The molecule has 0 N–H and O–H groups in total. The van der Waals surface area contributed by atoms with Crippen molar-refractivity contribution >= 4 is 12.4 Å². The van der Waals surface area contributed by atoms with E-state index in [0.717, 1.165) is 11.1 Å². The topological polar surface area (TPSA) is 78.3 Å². The van der Waals surface area contributed by atoms with Crippen LogP contribution >= 0.6 is 12.4 Å². The van der Waals surface area contributed by atoms with E-state index >= 15 is 0 Å². The zero-order valence-electron chi connectivity index (χ0n) is 12.0. The molecule has 0 aliphatic carbocycles. The molecule has 0 saturated carbocycles. The number of nitriles is 2. The fourth-order valence-corrected chi connectivity index (χ4v) is 2.33. The highest BCUT2D eigenvalue weighted by Crippen LogP contribution is 2.26. The maximum Gasteiger partial charge on any atom is 0.137 e. The molecule has 0 fully saturated rings. The lowest BCUT2D eigenvalue weighted by molar-refractivity contribution is 0.594. The Hall–Kier alpha value is -3.15. The van der Waals surface area contributed by atoms with Crippen molar-refractivity contribution in [2.75, 3.05) is 0 Å². The predicted molar refractivity (Wildman–Crippen MR) is 86.8 cm³/mol. The molecule has 0 saturated heterocycles. The molecule has 3 rings (SSSR count). The van der Waals surface area contributed by atoms with Crippen LogP contribution in [0.1, 0.15) is 28.3 Å². The minimum atomic E-state index is -0.150. The molecule has 3 aromatic rings. The Kier molecular flexibility index (Phi) is 5.09. The summed E-state index contributed by atoms with van der Waals surface area (Å²) in [6, 6.07) is 18.8. The third-order valence-corrected chi connectivity index (χ3v) is 3.41. The van der Waals surface area contributed by atoms with Gasteiger partial charge in [-0.1, -0.05) is 24.3 Å². The van der Waals surface area contributed by atoms with E-state index in [9.17, 15) is 0 Å². The molecule has 0 aliphatic heterocycles. The SMILES string of the molecule is Cl.N#Cc1ccc(C(c2ccc(C#N)cc2)n2cncn2)cc1. The number of rotatable bonds is 3. The van der Waals surface area contributed by atoms with E-state index in [4.69, 9.17) is 10.5 Å². The zero-order valence-corrected chi connectivity index (χ0v) is 12.8. The van der Waals surface area contributed by atoms with E-state index in [-0.39, 0.29) is 18.4 Å². The molecule has 0 aliphatic rings. The van der Waals surface area contributed by atoms with Gasteiger partial charge in [0, 0.05) is 0 Å². The van der Waals surface area contributed by atoms with Crippen molar-refractivity contribution in [3.63, 3.8) is 0 Å². The summed E-state index contributed by atoms with van der Waals surface area (Å²) in [7, 11) is 0. The molecule has 0 amide bonds. The molecule has 112 valence electrons. The molecule has 2 aromatic carbocycles. The average molecular weight is 322 g/mol. The Labute approximate surface area is 139 Å². The van der Waals surface area contributed by atoms with Gasteiger partial charge in [0.05, 0.1) is 23.3 Å². The zero-order chi connectivity index (χ0) is 15.4. The van der Waals surface area contributed by atoms with Gasteiger partial charge in [-0.25, -0.2) is 9.67 Å². The van der Waals surface area contributed by atoms with Crippen molar-refractivity contribution < 1.29 is 0 Å². The maximum absolute atomic E-state index is 8.92. The summed E-state index contributed by atoms with van der Waals surface area (Å²) >= 11 is 0. The molecule has 6 heteroatoms. The molecule has 5 nitrogen and oxygen atoms in total. The van der Waals surface area contributed by atoms with Crippen LogP contribution in [0.2, 0.25) is 0 Å². The maximum atomic E-state index is 8.92. The van der Waals surface area contributed by atoms with Gasteiger partial charge in [-0.2, -0.15) is 15.6 Å². The van der Waals surface area contributed by atoms with Gasteiger partial charge < -0.3 is 0 Å². The number of hydrogen-bond donors (Lipinski definition) is 0. The van der Waals surface area contributed by atoms with Gasteiger partial charge in [-0.15, -0.1) is 12.4 Å². The van der Waals surface area contributed by atoms with Crippen LogP contribution in [-0.4, -0.2) is 14.8 Å². The van der Waals surface area contributed by atoms with Crippen LogP contribution in [0, 0.1) is 22.7 Å². The highest BCUT2D eigenvalue weighted by Gasteiger charge is 2.17. The van der Waals surface area contributed by atoms with Gasteiger partial charge >= 0.3 is 0 Å². The second-order valence-electron chi connectivity index (χ2n) is 4.75. The summed E-state index contributed by atoms with van der Waals surface area (Å²) in [4.78, 5) is 4.01. The smallest absolute Gasteiger partial charge is 0.137 e. The fourth-order valence-electron chi connectivity index (χ4n) is 2.33. The summed E-state index contributed by atoms with van der Waals surface area (Å²) in [5, 5.41) is 22.1. The van der Waals surface area contributed by atoms with Gasteiger partial charge in [-0.05, 0) is 35.4 Å². The van der Waals surface area contributed by atoms with Crippen LogP contribution in [0.5, 0.6) is 0 Å². The van der Waals surface area contributed by atoms with Crippen molar-refractivity contribution in [2.45, 2.75) is 6.04 Å². The Morgan fingerprint density at radius 2 is 1.30 bits per heavy atom. The molecule has 0 atom stereocenters. The standard InChI is InChI=1S/C17H11N5.ClH/c18-9-13-1-5-15(6-2-13)17(22-12-20-11-21-22)16-7-3-14(10-19)4-8-16;/h1-8,11-12,17H;1H. The van der Waals surface area contributed by atoms with E-state index in [1.165, 1.54) is 6.33 Å². The monoisotopic (exact) mass is 321 g/mol. The van der Waals surface area contributed by atoms with E-state index in [1.54, 1.807) is 35.3 Å². The van der Waals surface area contributed by atoms with Crippen molar-refractivity contribution in [3.05, 3.63) is 83.4 Å². The molecule has 0 bridgehead atoms. The summed E-state index contributed by atoms with van der Waals surface area (Å²) in [6.45, 7) is 0. The van der Waals surface area contributed by atoms with E-state index in [1.807, 2.05) is 24.3 Å². The molecule has 0 radical (unpaired) electrons. The summed E-state index contributed by atoms with van der Waals surface area (Å²) in [5.41, 5.74) is 3.21. The Morgan fingerprint density at radius 1 is 0.826 bits per heavy atom. The van der Waals surface area contributed by atoms with Gasteiger partial charge in [-0.3, -0.25) is 0 Å². The first-order valence-corrected chi connectivity index (χ1v) is 6.66. The van der Waals surface area contributed by atoms with Crippen molar-refractivity contribution in [2.24, 2.45) is 0 Å². The highest BCUT2D eigenvalue weighted by atomic mass is 35.5. The van der Waals surface area contributed by atoms with Crippen LogP contribution in [0.4, 0.5) is 0 Å². The van der Waals surface area contributed by atoms with Crippen LogP contribution in [0.15, 0.2) is 61.2 Å². The van der Waals surface area contributed by atoms with Gasteiger partial charge in [0.25, 0.3) is 0 Å². The number of aromatic nitrogens is 3. The average Bonchev–Trinajstić information content (AvgIpc) is 3.10. The van der Waals surface area contributed by atoms with Crippen molar-refractivity contribution in [1.29, 1.82) is 10.5 Å². The van der Waals surface area contributed by atoms with Crippen LogP contribution in [-0.2, 0) is 0 Å². The molecule has 1 aromatic heterocycles. The van der Waals surface area contributed by atoms with Gasteiger partial charge in [0.2, 0.25) is 0 Å². The van der Waals surface area contributed by atoms with E-state index < -0.39 is 0 Å². The van der Waals surface area contributed by atoms with Gasteiger partial charge in [0.15, 0.2) is 0 Å². The van der Waals surface area contributed by atoms with Crippen molar-refractivity contribution in [3.8, 4) is 12.1 Å². The van der Waals surface area contributed by atoms with Gasteiger partial charge in [0.1, 0.15) is 18.7 Å². The molecule has 0 unspecified atom stereocenters. The lowest BCUT2D eigenvalue weighted by Crippen LogP contribution is -2.13. The minimum Gasteiger partial charge on any atom is -0.241 e. The number of halogens is 1. The molecule has 1 heterocycles. The first kappa shape index (κ1) is 16.2. The lowest BCUT2D eigenvalue weighted by atomic mass is 9.97. The first-order chi connectivity index (χ1) is 10.8. The second-order valence-corrected chi connectivity index (χ2v) is 4.75. The van der Waals surface area contributed by atoms with Crippen LogP contribution in [0.3, 0.4) is 0 Å².